The van der Waals surface area contributed by atoms with Crippen molar-refractivity contribution in [2.24, 2.45) is 0 Å². The Bertz CT molecular complexity index is 762. The van der Waals surface area contributed by atoms with Gasteiger partial charge in [-0.05, 0) is 24.1 Å². The van der Waals surface area contributed by atoms with E-state index in [0.29, 0.717) is 17.9 Å². The summed E-state index contributed by atoms with van der Waals surface area (Å²) in [7, 11) is 1.46. The van der Waals surface area contributed by atoms with E-state index < -0.39 is 23.7 Å². The molecule has 1 aromatic heterocycles. The molecule has 2 aromatic rings. The summed E-state index contributed by atoms with van der Waals surface area (Å²) in [4.78, 5) is 11.8. The van der Waals surface area contributed by atoms with Gasteiger partial charge in [0.15, 0.2) is 18.1 Å². The first kappa shape index (κ1) is 18.7. The number of amides is 1. The van der Waals surface area contributed by atoms with Gasteiger partial charge in [-0.15, -0.1) is 16.8 Å². The molecule has 1 heterocycles. The van der Waals surface area contributed by atoms with Crippen LogP contribution < -0.4 is 14.8 Å². The van der Waals surface area contributed by atoms with Crippen molar-refractivity contribution in [3.8, 4) is 11.5 Å². The number of halogens is 3. The van der Waals surface area contributed by atoms with E-state index in [-0.39, 0.29) is 16.5 Å². The highest BCUT2D eigenvalue weighted by Gasteiger charge is 2.35. The summed E-state index contributed by atoms with van der Waals surface area (Å²) >= 11 is 0.236. The Morgan fingerprint density at radius 1 is 1.36 bits per heavy atom. The van der Waals surface area contributed by atoms with Crippen LogP contribution in [0.1, 0.15) is 10.6 Å². The Morgan fingerprint density at radius 3 is 2.72 bits per heavy atom. The molecule has 2 rings (SSSR count). The highest BCUT2D eigenvalue weighted by Crippen LogP contribution is 2.33. The lowest BCUT2D eigenvalue weighted by atomic mass is 10.1. The number of nitrogens with one attached hydrogen (secondary N) is 1. The van der Waals surface area contributed by atoms with Crippen molar-refractivity contribution >= 4 is 22.4 Å². The molecule has 0 radical (unpaired) electrons. The fourth-order valence-corrected chi connectivity index (χ4v) is 2.44. The summed E-state index contributed by atoms with van der Waals surface area (Å²) in [6.07, 6.45) is -2.21. The molecule has 1 aromatic carbocycles. The molecule has 0 aliphatic carbocycles. The van der Waals surface area contributed by atoms with E-state index in [9.17, 15) is 18.0 Å². The fourth-order valence-electron chi connectivity index (χ4n) is 1.81. The van der Waals surface area contributed by atoms with E-state index in [0.717, 1.165) is 5.56 Å². The zero-order valence-corrected chi connectivity index (χ0v) is 13.9. The average molecular weight is 373 g/mol. The minimum absolute atomic E-state index is 0.236. The molecular formula is C15H14F3N3O3S. The fraction of sp³-hybridized carbons (Fsp3) is 0.267. The number of methoxy groups -OCH3 is 1. The Hall–Kier alpha value is -2.62. The van der Waals surface area contributed by atoms with E-state index in [1.807, 2.05) is 0 Å². The van der Waals surface area contributed by atoms with Crippen LogP contribution in [-0.2, 0) is 17.4 Å². The summed E-state index contributed by atoms with van der Waals surface area (Å²) in [5.74, 6) is 0.100. The van der Waals surface area contributed by atoms with Crippen LogP contribution in [0.2, 0.25) is 0 Å². The van der Waals surface area contributed by atoms with Crippen molar-refractivity contribution in [3.05, 3.63) is 41.4 Å². The van der Waals surface area contributed by atoms with Crippen molar-refractivity contribution in [1.82, 2.24) is 10.2 Å². The number of hydrogen-bond acceptors (Lipinski definition) is 6. The number of aromatic nitrogens is 2. The van der Waals surface area contributed by atoms with Gasteiger partial charge >= 0.3 is 6.18 Å². The van der Waals surface area contributed by atoms with E-state index in [4.69, 9.17) is 9.47 Å². The average Bonchev–Trinajstić information content (AvgIpc) is 3.02. The monoisotopic (exact) mass is 373 g/mol. The Balaban J connectivity index is 1.95. The van der Waals surface area contributed by atoms with Gasteiger partial charge < -0.3 is 9.47 Å². The van der Waals surface area contributed by atoms with Crippen molar-refractivity contribution in [1.29, 1.82) is 0 Å². The van der Waals surface area contributed by atoms with Gasteiger partial charge in [0.2, 0.25) is 10.1 Å². The van der Waals surface area contributed by atoms with Gasteiger partial charge in [-0.25, -0.2) is 0 Å². The predicted octanol–water partition coefficient (Wildman–Crippen LogP) is 3.31. The Morgan fingerprint density at radius 2 is 2.12 bits per heavy atom. The van der Waals surface area contributed by atoms with Gasteiger partial charge in [0.1, 0.15) is 0 Å². The third-order valence-electron chi connectivity index (χ3n) is 2.88. The van der Waals surface area contributed by atoms with Gasteiger partial charge in [0, 0.05) is 0 Å². The molecule has 0 saturated carbocycles. The smallest absolute Gasteiger partial charge is 0.445 e. The molecule has 0 saturated heterocycles. The van der Waals surface area contributed by atoms with E-state index >= 15 is 0 Å². The number of carbonyl (C=O) groups excluding carboxylic acids is 1. The van der Waals surface area contributed by atoms with Gasteiger partial charge in [0.05, 0.1) is 7.11 Å². The molecule has 25 heavy (non-hydrogen) atoms. The lowest BCUT2D eigenvalue weighted by Crippen LogP contribution is -2.20. The van der Waals surface area contributed by atoms with Crippen molar-refractivity contribution in [2.45, 2.75) is 12.6 Å². The molecule has 1 amide bonds. The van der Waals surface area contributed by atoms with Gasteiger partial charge in [-0.1, -0.05) is 23.5 Å². The second kappa shape index (κ2) is 7.97. The highest BCUT2D eigenvalue weighted by molar-refractivity contribution is 7.15. The molecule has 6 nitrogen and oxygen atoms in total. The van der Waals surface area contributed by atoms with E-state index in [1.165, 1.54) is 7.11 Å². The third-order valence-corrected chi connectivity index (χ3v) is 3.76. The Labute approximate surface area is 145 Å². The Kier molecular flexibility index (Phi) is 5.97. The van der Waals surface area contributed by atoms with Crippen LogP contribution >= 0.6 is 11.3 Å². The molecule has 0 bridgehead atoms. The molecule has 0 fully saturated rings. The summed E-state index contributed by atoms with van der Waals surface area (Å²) in [6, 6.07) is 5.17. The number of rotatable bonds is 7. The zero-order valence-electron chi connectivity index (χ0n) is 13.1. The minimum Gasteiger partial charge on any atom is -0.493 e. The summed E-state index contributed by atoms with van der Waals surface area (Å²) in [5, 5.41) is 7.05. The van der Waals surface area contributed by atoms with Crippen LogP contribution in [0.25, 0.3) is 0 Å². The first-order valence-electron chi connectivity index (χ1n) is 6.94. The van der Waals surface area contributed by atoms with Crippen molar-refractivity contribution in [2.75, 3.05) is 19.0 Å². The first-order chi connectivity index (χ1) is 11.8. The van der Waals surface area contributed by atoms with E-state index in [1.54, 1.807) is 24.3 Å². The maximum Gasteiger partial charge on any atom is 0.445 e. The number of nitrogens with zero attached hydrogens (tertiary/aromatic N) is 2. The van der Waals surface area contributed by atoms with E-state index in [2.05, 4.69) is 22.1 Å². The van der Waals surface area contributed by atoms with Gasteiger partial charge in [0.25, 0.3) is 5.91 Å². The zero-order chi connectivity index (χ0) is 18.4. The summed E-state index contributed by atoms with van der Waals surface area (Å²) in [5.41, 5.74) is 0.956. The van der Waals surface area contributed by atoms with Crippen LogP contribution in [0.15, 0.2) is 30.9 Å². The van der Waals surface area contributed by atoms with Crippen LogP contribution in [0, 0.1) is 0 Å². The predicted molar refractivity (Wildman–Crippen MR) is 85.9 cm³/mol. The lowest BCUT2D eigenvalue weighted by Gasteiger charge is -2.11. The number of hydrogen-bond donors (Lipinski definition) is 1. The van der Waals surface area contributed by atoms with Crippen molar-refractivity contribution < 1.29 is 27.4 Å². The molecule has 0 aliphatic rings. The molecule has 0 unspecified atom stereocenters. The second-order valence-electron chi connectivity index (χ2n) is 4.72. The summed E-state index contributed by atoms with van der Waals surface area (Å²) < 4.78 is 47.8. The SMILES string of the molecule is C=CCc1ccc(OCC(=O)Nc2nnc(C(F)(F)F)s2)c(OC)c1. The molecule has 0 aliphatic heterocycles. The first-order valence-corrected chi connectivity index (χ1v) is 7.76. The minimum atomic E-state index is -4.60. The number of anilines is 1. The largest absolute Gasteiger partial charge is 0.493 e. The van der Waals surface area contributed by atoms with Crippen LogP contribution in [0.5, 0.6) is 11.5 Å². The number of alkyl halides is 3. The number of ether oxygens (including phenoxy) is 2. The second-order valence-corrected chi connectivity index (χ2v) is 5.70. The number of benzene rings is 1. The molecule has 1 N–H and O–H groups in total. The lowest BCUT2D eigenvalue weighted by molar-refractivity contribution is -0.138. The van der Waals surface area contributed by atoms with Gasteiger partial charge in [-0.2, -0.15) is 13.2 Å². The number of carbonyl (C=O) groups is 1. The molecule has 134 valence electrons. The van der Waals surface area contributed by atoms with Crippen LogP contribution in [-0.4, -0.2) is 29.8 Å². The third kappa shape index (κ3) is 5.18. The van der Waals surface area contributed by atoms with Crippen molar-refractivity contribution in [3.63, 3.8) is 0 Å². The molecule has 10 heteroatoms. The van der Waals surface area contributed by atoms with Crippen LogP contribution in [0.3, 0.4) is 0 Å². The standard InChI is InChI=1S/C15H14F3N3O3S/c1-3-4-9-5-6-10(11(7-9)23-2)24-8-12(22)19-14-21-20-13(25-14)15(16,17)18/h3,5-7H,1,4,8H2,2H3,(H,19,21,22). The molecule has 0 atom stereocenters. The number of allylic oxidation sites excluding steroid dienone is 1. The quantitative estimate of drug-likeness (QED) is 0.754. The summed E-state index contributed by atoms with van der Waals surface area (Å²) in [6.45, 7) is 3.23. The molecule has 0 spiro atoms. The van der Waals surface area contributed by atoms with Gasteiger partial charge in [-0.3, -0.25) is 10.1 Å². The maximum atomic E-state index is 12.4. The highest BCUT2D eigenvalue weighted by atomic mass is 32.1. The normalized spacial score (nSPS) is 11.0. The topological polar surface area (TPSA) is 73.3 Å². The molecular weight excluding hydrogens is 359 g/mol. The van der Waals surface area contributed by atoms with Crippen LogP contribution in [0.4, 0.5) is 18.3 Å². The maximum absolute atomic E-state index is 12.4.